The number of rotatable bonds is 2. The highest BCUT2D eigenvalue weighted by Crippen LogP contribution is 2.23. The van der Waals surface area contributed by atoms with Crippen LogP contribution in [0.5, 0.6) is 0 Å². The van der Waals surface area contributed by atoms with Crippen LogP contribution in [-0.2, 0) is 9.84 Å². The van der Waals surface area contributed by atoms with E-state index in [9.17, 15) is 8.42 Å². The van der Waals surface area contributed by atoms with Gasteiger partial charge >= 0.3 is 0 Å². The van der Waals surface area contributed by atoms with E-state index < -0.39 is 9.84 Å². The second-order valence-corrected chi connectivity index (χ2v) is 6.72. The van der Waals surface area contributed by atoms with Gasteiger partial charge in [0.2, 0.25) is 0 Å². The number of pyridine rings is 1. The number of fused-ring (bicyclic) bond motifs is 1. The first kappa shape index (κ1) is 12.8. The molecule has 5 nitrogen and oxygen atoms in total. The SMILES string of the molecule is Cc1cccnc1-c1nc2ccc(S(C)(=O)=O)cc2[nH]1. The summed E-state index contributed by atoms with van der Waals surface area (Å²) in [5.41, 5.74) is 3.19. The van der Waals surface area contributed by atoms with Gasteiger partial charge in [0, 0.05) is 12.5 Å². The predicted octanol–water partition coefficient (Wildman–Crippen LogP) is 2.34. The minimum absolute atomic E-state index is 0.276. The van der Waals surface area contributed by atoms with E-state index in [4.69, 9.17) is 0 Å². The molecule has 0 radical (unpaired) electrons. The van der Waals surface area contributed by atoms with Crippen molar-refractivity contribution < 1.29 is 8.42 Å². The van der Waals surface area contributed by atoms with Crippen LogP contribution in [0.1, 0.15) is 5.56 Å². The first-order chi connectivity index (χ1) is 9.45. The number of aromatic nitrogens is 3. The highest BCUT2D eigenvalue weighted by atomic mass is 32.2. The monoisotopic (exact) mass is 287 g/mol. The molecule has 0 bridgehead atoms. The summed E-state index contributed by atoms with van der Waals surface area (Å²) in [5.74, 6) is 0.642. The average Bonchev–Trinajstić information content (AvgIpc) is 2.80. The number of imidazole rings is 1. The summed E-state index contributed by atoms with van der Waals surface area (Å²) in [6.45, 7) is 1.96. The number of H-pyrrole nitrogens is 1. The molecule has 3 aromatic rings. The van der Waals surface area contributed by atoms with Crippen molar-refractivity contribution in [2.75, 3.05) is 6.26 Å². The third-order valence-corrected chi connectivity index (χ3v) is 4.23. The van der Waals surface area contributed by atoms with Crippen molar-refractivity contribution in [2.24, 2.45) is 0 Å². The van der Waals surface area contributed by atoms with Gasteiger partial charge in [-0.05, 0) is 36.8 Å². The van der Waals surface area contributed by atoms with Crippen molar-refractivity contribution in [1.29, 1.82) is 0 Å². The van der Waals surface area contributed by atoms with Gasteiger partial charge in [-0.25, -0.2) is 13.4 Å². The number of aromatic amines is 1. The zero-order chi connectivity index (χ0) is 14.3. The number of nitrogens with zero attached hydrogens (tertiary/aromatic N) is 2. The number of sulfone groups is 1. The van der Waals surface area contributed by atoms with Gasteiger partial charge in [-0.2, -0.15) is 0 Å². The molecule has 0 unspecified atom stereocenters. The Kier molecular flexibility index (Phi) is 2.83. The Bertz CT molecular complexity index is 898. The van der Waals surface area contributed by atoms with Gasteiger partial charge in [-0.1, -0.05) is 6.07 Å². The molecule has 0 saturated heterocycles. The lowest BCUT2D eigenvalue weighted by Crippen LogP contribution is -1.96. The molecule has 0 amide bonds. The van der Waals surface area contributed by atoms with Crippen LogP contribution in [0.25, 0.3) is 22.6 Å². The van der Waals surface area contributed by atoms with Crippen LogP contribution in [0.15, 0.2) is 41.4 Å². The highest BCUT2D eigenvalue weighted by molar-refractivity contribution is 7.90. The second kappa shape index (κ2) is 4.42. The summed E-state index contributed by atoms with van der Waals surface area (Å²) in [5, 5.41) is 0. The summed E-state index contributed by atoms with van der Waals surface area (Å²) >= 11 is 0. The maximum Gasteiger partial charge on any atom is 0.175 e. The van der Waals surface area contributed by atoms with Crippen molar-refractivity contribution in [3.05, 3.63) is 42.1 Å². The Balaban J connectivity index is 2.19. The van der Waals surface area contributed by atoms with Crippen LogP contribution in [0.3, 0.4) is 0 Å². The van der Waals surface area contributed by atoms with Crippen LogP contribution < -0.4 is 0 Å². The molecular weight excluding hydrogens is 274 g/mol. The average molecular weight is 287 g/mol. The van der Waals surface area contributed by atoms with Crippen LogP contribution in [0.4, 0.5) is 0 Å². The minimum atomic E-state index is -3.22. The summed E-state index contributed by atoms with van der Waals surface area (Å²) in [7, 11) is -3.22. The van der Waals surface area contributed by atoms with E-state index in [2.05, 4.69) is 15.0 Å². The number of nitrogens with one attached hydrogen (secondary N) is 1. The molecule has 0 saturated carbocycles. The molecule has 6 heteroatoms. The summed E-state index contributed by atoms with van der Waals surface area (Å²) in [6.07, 6.45) is 2.89. The molecule has 0 aliphatic carbocycles. The molecule has 2 heterocycles. The van der Waals surface area contributed by atoms with E-state index in [1.54, 1.807) is 24.4 Å². The van der Waals surface area contributed by atoms with Gasteiger partial charge < -0.3 is 4.98 Å². The summed E-state index contributed by atoms with van der Waals surface area (Å²) < 4.78 is 23.1. The van der Waals surface area contributed by atoms with E-state index in [0.29, 0.717) is 11.3 Å². The van der Waals surface area contributed by atoms with E-state index in [0.717, 1.165) is 16.8 Å². The molecule has 20 heavy (non-hydrogen) atoms. The summed E-state index contributed by atoms with van der Waals surface area (Å²) in [4.78, 5) is 12.2. The Morgan fingerprint density at radius 3 is 2.70 bits per heavy atom. The Morgan fingerprint density at radius 1 is 1.20 bits per heavy atom. The lowest BCUT2D eigenvalue weighted by Gasteiger charge is -1.99. The zero-order valence-corrected chi connectivity index (χ0v) is 11.9. The van der Waals surface area contributed by atoms with E-state index in [1.165, 1.54) is 6.26 Å². The first-order valence-electron chi connectivity index (χ1n) is 6.07. The van der Waals surface area contributed by atoms with Crippen LogP contribution in [0.2, 0.25) is 0 Å². The molecule has 2 aromatic heterocycles. The Labute approximate surface area is 116 Å². The van der Waals surface area contributed by atoms with Crippen molar-refractivity contribution in [1.82, 2.24) is 15.0 Å². The van der Waals surface area contributed by atoms with Crippen LogP contribution in [0, 0.1) is 6.92 Å². The molecule has 1 N–H and O–H groups in total. The normalized spacial score (nSPS) is 11.9. The first-order valence-corrected chi connectivity index (χ1v) is 7.96. The van der Waals surface area contributed by atoms with Gasteiger partial charge in [0.05, 0.1) is 15.9 Å². The Hall–Kier alpha value is -2.21. The van der Waals surface area contributed by atoms with Crippen LogP contribution in [-0.4, -0.2) is 29.6 Å². The van der Waals surface area contributed by atoms with Crippen molar-refractivity contribution in [2.45, 2.75) is 11.8 Å². The van der Waals surface area contributed by atoms with Crippen LogP contribution >= 0.6 is 0 Å². The van der Waals surface area contributed by atoms with E-state index >= 15 is 0 Å². The van der Waals surface area contributed by atoms with Crippen molar-refractivity contribution in [3.8, 4) is 11.5 Å². The Morgan fingerprint density at radius 2 is 2.00 bits per heavy atom. The summed E-state index contributed by atoms with van der Waals surface area (Å²) in [6, 6.07) is 8.68. The minimum Gasteiger partial charge on any atom is -0.337 e. The fraction of sp³-hybridized carbons (Fsp3) is 0.143. The van der Waals surface area contributed by atoms with Gasteiger partial charge in [0.25, 0.3) is 0 Å². The van der Waals surface area contributed by atoms with Gasteiger partial charge in [0.1, 0.15) is 5.69 Å². The molecule has 0 spiro atoms. The molecule has 0 aliphatic rings. The van der Waals surface area contributed by atoms with E-state index in [-0.39, 0.29) is 4.90 Å². The quantitative estimate of drug-likeness (QED) is 0.785. The lowest BCUT2D eigenvalue weighted by atomic mass is 10.2. The van der Waals surface area contributed by atoms with E-state index in [1.807, 2.05) is 19.1 Å². The molecule has 102 valence electrons. The van der Waals surface area contributed by atoms with Gasteiger partial charge in [-0.15, -0.1) is 0 Å². The molecular formula is C14H13N3O2S. The fourth-order valence-electron chi connectivity index (χ4n) is 2.07. The molecule has 0 atom stereocenters. The number of hydrogen-bond donors (Lipinski definition) is 1. The number of aryl methyl sites for hydroxylation is 1. The number of hydrogen-bond acceptors (Lipinski definition) is 4. The molecule has 1 aromatic carbocycles. The fourth-order valence-corrected chi connectivity index (χ4v) is 2.71. The third-order valence-electron chi connectivity index (χ3n) is 3.12. The molecule has 3 rings (SSSR count). The number of benzene rings is 1. The van der Waals surface area contributed by atoms with Gasteiger partial charge in [0.15, 0.2) is 15.7 Å². The lowest BCUT2D eigenvalue weighted by molar-refractivity contribution is 0.602. The van der Waals surface area contributed by atoms with Crippen molar-refractivity contribution >= 4 is 20.9 Å². The maximum absolute atomic E-state index is 11.6. The topological polar surface area (TPSA) is 75.7 Å². The smallest absolute Gasteiger partial charge is 0.175 e. The maximum atomic E-state index is 11.6. The molecule has 0 aliphatic heterocycles. The second-order valence-electron chi connectivity index (χ2n) is 4.71. The van der Waals surface area contributed by atoms with Crippen molar-refractivity contribution in [3.63, 3.8) is 0 Å². The molecule has 0 fully saturated rings. The third kappa shape index (κ3) is 2.18. The predicted molar refractivity (Wildman–Crippen MR) is 77.2 cm³/mol. The van der Waals surface area contributed by atoms with Gasteiger partial charge in [-0.3, -0.25) is 4.98 Å². The standard InChI is InChI=1S/C14H13N3O2S/c1-9-4-3-7-15-13(9)14-16-11-6-5-10(20(2,18)19)8-12(11)17-14/h3-8H,1-2H3,(H,16,17). The largest absolute Gasteiger partial charge is 0.337 e. The zero-order valence-electron chi connectivity index (χ0n) is 11.1. The highest BCUT2D eigenvalue weighted by Gasteiger charge is 2.12.